The van der Waals surface area contributed by atoms with Crippen LogP contribution in [-0.2, 0) is 20.0 Å². The first kappa shape index (κ1) is 20.8. The molecule has 4 aromatic rings. The minimum Gasteiger partial charge on any atom is -0.482 e. The molecule has 0 amide bonds. The van der Waals surface area contributed by atoms with Crippen molar-refractivity contribution in [3.63, 3.8) is 0 Å². The average molecular weight is 440 g/mol. The lowest BCUT2D eigenvalue weighted by atomic mass is 9.96. The summed E-state index contributed by atoms with van der Waals surface area (Å²) < 4.78 is 10.0. The van der Waals surface area contributed by atoms with Crippen molar-refractivity contribution in [1.82, 2.24) is 24.5 Å². The number of nitrogen functional groups attached to an aromatic ring is 1. The first-order valence-electron chi connectivity index (χ1n) is 10.9. The SMILES string of the molecule is CCc1c(C#N)nn2c1-c1cnc(N)c(c1)O[C@H](C)c1cc(C)ccc1-c1nn(C)cc1C2. The number of nitrogens with two attached hydrogens (primary N) is 1. The second kappa shape index (κ2) is 7.78. The third kappa shape index (κ3) is 3.42. The van der Waals surface area contributed by atoms with Gasteiger partial charge in [-0.3, -0.25) is 9.36 Å². The van der Waals surface area contributed by atoms with Crippen molar-refractivity contribution < 1.29 is 4.74 Å². The van der Waals surface area contributed by atoms with Gasteiger partial charge in [0.15, 0.2) is 17.3 Å². The molecule has 3 aromatic heterocycles. The van der Waals surface area contributed by atoms with Crippen LogP contribution in [0.1, 0.15) is 47.9 Å². The number of rotatable bonds is 1. The summed E-state index contributed by atoms with van der Waals surface area (Å²) in [6, 6.07) is 10.4. The van der Waals surface area contributed by atoms with E-state index in [2.05, 4.69) is 41.3 Å². The molecule has 0 aliphatic carbocycles. The maximum Gasteiger partial charge on any atom is 0.166 e. The van der Waals surface area contributed by atoms with Gasteiger partial charge in [-0.25, -0.2) is 4.98 Å². The fourth-order valence-electron chi connectivity index (χ4n) is 4.57. The molecular weight excluding hydrogens is 414 g/mol. The van der Waals surface area contributed by atoms with Crippen LogP contribution in [0.2, 0.25) is 0 Å². The van der Waals surface area contributed by atoms with Crippen molar-refractivity contribution in [3.8, 4) is 34.3 Å². The Hall–Kier alpha value is -4.12. The molecule has 0 saturated carbocycles. The highest BCUT2D eigenvalue weighted by molar-refractivity contribution is 5.71. The van der Waals surface area contributed by atoms with E-state index in [1.54, 1.807) is 6.20 Å². The third-order valence-electron chi connectivity index (χ3n) is 6.09. The molecule has 1 aromatic carbocycles. The number of anilines is 1. The van der Waals surface area contributed by atoms with Gasteiger partial charge in [-0.15, -0.1) is 0 Å². The summed E-state index contributed by atoms with van der Waals surface area (Å²) in [5.74, 6) is 0.822. The van der Waals surface area contributed by atoms with Crippen LogP contribution < -0.4 is 10.5 Å². The van der Waals surface area contributed by atoms with E-state index >= 15 is 0 Å². The summed E-state index contributed by atoms with van der Waals surface area (Å²) in [6.45, 7) is 6.56. The predicted octanol–water partition coefficient (Wildman–Crippen LogP) is 4.17. The van der Waals surface area contributed by atoms with Gasteiger partial charge in [0, 0.05) is 47.3 Å². The summed E-state index contributed by atoms with van der Waals surface area (Å²) in [7, 11) is 1.91. The summed E-state index contributed by atoms with van der Waals surface area (Å²) in [4.78, 5) is 4.41. The first-order chi connectivity index (χ1) is 15.9. The van der Waals surface area contributed by atoms with Crippen molar-refractivity contribution in [2.45, 2.75) is 39.8 Å². The number of hydrogen-bond acceptors (Lipinski definition) is 6. The number of pyridine rings is 1. The Kier molecular flexibility index (Phi) is 4.90. The monoisotopic (exact) mass is 439 g/mol. The molecule has 33 heavy (non-hydrogen) atoms. The Morgan fingerprint density at radius 3 is 2.85 bits per heavy atom. The molecule has 166 valence electrons. The number of nitriles is 1. The number of aryl methyl sites for hydroxylation is 2. The molecule has 5 rings (SSSR count). The number of nitrogens with zero attached hydrogens (tertiary/aromatic N) is 6. The topological polar surface area (TPSA) is 108 Å². The van der Waals surface area contributed by atoms with Gasteiger partial charge in [-0.05, 0) is 26.3 Å². The number of aromatic nitrogens is 5. The van der Waals surface area contributed by atoms with Gasteiger partial charge in [0.05, 0.1) is 17.9 Å². The van der Waals surface area contributed by atoms with Gasteiger partial charge < -0.3 is 10.5 Å². The van der Waals surface area contributed by atoms with Crippen LogP contribution in [0.25, 0.3) is 22.5 Å². The van der Waals surface area contributed by atoms with Gasteiger partial charge >= 0.3 is 0 Å². The van der Waals surface area contributed by atoms with Gasteiger partial charge in [0.1, 0.15) is 12.2 Å². The van der Waals surface area contributed by atoms with E-state index in [9.17, 15) is 5.26 Å². The Labute approximate surface area is 192 Å². The zero-order chi connectivity index (χ0) is 23.3. The maximum atomic E-state index is 9.75. The van der Waals surface area contributed by atoms with Crippen molar-refractivity contribution in [1.29, 1.82) is 5.26 Å². The van der Waals surface area contributed by atoms with Crippen molar-refractivity contribution >= 4 is 5.82 Å². The van der Waals surface area contributed by atoms with E-state index < -0.39 is 0 Å². The van der Waals surface area contributed by atoms with Crippen LogP contribution in [0.4, 0.5) is 5.82 Å². The maximum absolute atomic E-state index is 9.75. The normalized spacial score (nSPS) is 14.7. The predicted molar refractivity (Wildman–Crippen MR) is 125 cm³/mol. The van der Waals surface area contributed by atoms with Crippen LogP contribution in [0.15, 0.2) is 36.7 Å². The molecule has 0 saturated heterocycles. The molecule has 1 atom stereocenters. The van der Waals surface area contributed by atoms with Gasteiger partial charge in [-0.2, -0.15) is 15.5 Å². The smallest absolute Gasteiger partial charge is 0.166 e. The van der Waals surface area contributed by atoms with E-state index in [1.165, 1.54) is 0 Å². The van der Waals surface area contributed by atoms with Crippen molar-refractivity contribution in [3.05, 3.63) is 64.6 Å². The minimum atomic E-state index is -0.279. The highest BCUT2D eigenvalue weighted by Gasteiger charge is 2.25. The second-order valence-electron chi connectivity index (χ2n) is 8.43. The first-order valence-corrected chi connectivity index (χ1v) is 10.9. The van der Waals surface area contributed by atoms with E-state index in [-0.39, 0.29) is 6.10 Å². The number of fused-ring (bicyclic) bond motifs is 7. The molecule has 2 N–H and O–H groups in total. The van der Waals surface area contributed by atoms with Gasteiger partial charge in [0.2, 0.25) is 0 Å². The lowest BCUT2D eigenvalue weighted by Gasteiger charge is -2.21. The molecule has 8 nitrogen and oxygen atoms in total. The molecule has 0 spiro atoms. The van der Waals surface area contributed by atoms with Gasteiger partial charge in [-0.1, -0.05) is 30.7 Å². The number of hydrogen-bond donors (Lipinski definition) is 1. The Bertz CT molecular complexity index is 1420. The highest BCUT2D eigenvalue weighted by Crippen LogP contribution is 2.38. The van der Waals surface area contributed by atoms with Crippen LogP contribution in [0.3, 0.4) is 0 Å². The summed E-state index contributed by atoms with van der Waals surface area (Å²) in [5, 5.41) is 19.2. The number of ether oxygens (including phenoxy) is 1. The molecule has 0 unspecified atom stereocenters. The molecule has 0 radical (unpaired) electrons. The third-order valence-corrected chi connectivity index (χ3v) is 6.09. The van der Waals surface area contributed by atoms with E-state index in [0.29, 0.717) is 30.2 Å². The Balaban J connectivity index is 1.84. The zero-order valence-corrected chi connectivity index (χ0v) is 19.1. The molecule has 1 aliphatic heterocycles. The largest absolute Gasteiger partial charge is 0.482 e. The van der Waals surface area contributed by atoms with Crippen molar-refractivity contribution in [2.24, 2.45) is 7.05 Å². The van der Waals surface area contributed by atoms with E-state index in [0.717, 1.165) is 44.8 Å². The summed E-state index contributed by atoms with van der Waals surface area (Å²) >= 11 is 0. The Morgan fingerprint density at radius 1 is 1.27 bits per heavy atom. The van der Waals surface area contributed by atoms with E-state index in [4.69, 9.17) is 15.6 Å². The number of benzene rings is 1. The molecule has 0 fully saturated rings. The van der Waals surface area contributed by atoms with Crippen LogP contribution in [-0.4, -0.2) is 24.5 Å². The molecular formula is C25H25N7O. The average Bonchev–Trinajstić information content (AvgIpc) is 3.34. The van der Waals surface area contributed by atoms with Crippen LogP contribution in [0.5, 0.6) is 5.75 Å². The molecule has 8 heteroatoms. The highest BCUT2D eigenvalue weighted by atomic mass is 16.5. The molecule has 2 bridgehead atoms. The van der Waals surface area contributed by atoms with Gasteiger partial charge in [0.25, 0.3) is 0 Å². The minimum absolute atomic E-state index is 0.279. The quantitative estimate of drug-likeness (QED) is 0.477. The Morgan fingerprint density at radius 2 is 2.09 bits per heavy atom. The molecule has 1 aliphatic rings. The lowest BCUT2D eigenvalue weighted by molar-refractivity contribution is 0.228. The van der Waals surface area contributed by atoms with Crippen LogP contribution >= 0.6 is 0 Å². The lowest BCUT2D eigenvalue weighted by Crippen LogP contribution is -2.11. The fourth-order valence-corrected chi connectivity index (χ4v) is 4.57. The van der Waals surface area contributed by atoms with E-state index in [1.807, 2.05) is 42.5 Å². The zero-order valence-electron chi connectivity index (χ0n) is 19.1. The summed E-state index contributed by atoms with van der Waals surface area (Å²) in [5.41, 5.74) is 14.2. The fraction of sp³-hybridized carbons (Fsp3) is 0.280. The summed E-state index contributed by atoms with van der Waals surface area (Å²) in [6.07, 6.45) is 4.11. The van der Waals surface area contributed by atoms with Crippen LogP contribution in [0, 0.1) is 18.3 Å². The second-order valence-corrected chi connectivity index (χ2v) is 8.43. The van der Waals surface area contributed by atoms with Crippen molar-refractivity contribution in [2.75, 3.05) is 5.73 Å². The molecule has 4 heterocycles. The standard InChI is InChI=1S/C25H25N7O/c1-5-18-21(10-26)29-32-13-17-12-31(4)30-23(17)19-7-6-14(2)8-20(19)15(3)33-22-9-16(24(18)32)11-28-25(22)27/h6-9,11-12,15H,5,13H2,1-4H3,(H2,27,28)/t15-/m1/s1.